The van der Waals surface area contributed by atoms with Crippen LogP contribution in [0.15, 0.2) is 12.1 Å². The lowest BCUT2D eigenvalue weighted by molar-refractivity contribution is -0.144. The molecule has 0 spiro atoms. The number of aromatic nitrogens is 2. The van der Waals surface area contributed by atoms with Gasteiger partial charge in [0.25, 0.3) is 0 Å². The maximum absolute atomic E-state index is 11.0. The molecule has 3 rings (SSSR count). The molecule has 0 aliphatic heterocycles. The van der Waals surface area contributed by atoms with E-state index >= 15 is 0 Å². The fraction of sp³-hybridized carbons (Fsp3) is 0.412. The molecular formula is C17H18Cl2N2O4. The van der Waals surface area contributed by atoms with Gasteiger partial charge in [0.15, 0.2) is 11.9 Å². The van der Waals surface area contributed by atoms with Crippen LogP contribution in [-0.4, -0.2) is 27.0 Å². The molecule has 6 nitrogen and oxygen atoms in total. The Labute approximate surface area is 155 Å². The van der Waals surface area contributed by atoms with Crippen LogP contribution in [0, 0.1) is 0 Å². The number of ether oxygens (including phenoxy) is 2. The minimum atomic E-state index is -1.09. The van der Waals surface area contributed by atoms with Crippen molar-refractivity contribution in [2.24, 2.45) is 7.05 Å². The second kappa shape index (κ2) is 7.14. The molecule has 0 radical (unpaired) electrons. The number of halogens is 2. The van der Waals surface area contributed by atoms with Crippen molar-refractivity contribution in [2.45, 2.75) is 38.7 Å². The van der Waals surface area contributed by atoms with Crippen molar-refractivity contribution in [1.29, 1.82) is 0 Å². The molecule has 1 heterocycles. The molecule has 0 fully saturated rings. The first-order chi connectivity index (χ1) is 11.9. The van der Waals surface area contributed by atoms with E-state index in [0.717, 1.165) is 36.9 Å². The molecular weight excluding hydrogens is 367 g/mol. The zero-order chi connectivity index (χ0) is 18.1. The minimum Gasteiger partial charge on any atom is -0.479 e. The van der Waals surface area contributed by atoms with E-state index < -0.39 is 12.1 Å². The highest BCUT2D eigenvalue weighted by Crippen LogP contribution is 2.40. The molecule has 134 valence electrons. The van der Waals surface area contributed by atoms with E-state index in [-0.39, 0.29) is 10.8 Å². The molecule has 0 unspecified atom stereocenters. The molecule has 1 aliphatic carbocycles. The molecule has 8 heteroatoms. The van der Waals surface area contributed by atoms with Gasteiger partial charge in [0.05, 0.1) is 15.7 Å². The minimum absolute atomic E-state index is 0.201. The summed E-state index contributed by atoms with van der Waals surface area (Å²) in [5, 5.41) is 14.0. The van der Waals surface area contributed by atoms with Crippen LogP contribution in [0.25, 0.3) is 0 Å². The summed E-state index contributed by atoms with van der Waals surface area (Å²) in [6, 6.07) is 2.98. The Morgan fingerprint density at radius 1 is 1.24 bits per heavy atom. The number of rotatable bonds is 5. The molecule has 0 saturated carbocycles. The summed E-state index contributed by atoms with van der Waals surface area (Å²) >= 11 is 12.3. The van der Waals surface area contributed by atoms with Crippen molar-refractivity contribution in [1.82, 2.24) is 9.78 Å². The van der Waals surface area contributed by atoms with Gasteiger partial charge >= 0.3 is 5.97 Å². The number of hydrogen-bond acceptors (Lipinski definition) is 4. The van der Waals surface area contributed by atoms with Gasteiger partial charge in [-0.2, -0.15) is 5.10 Å². The number of benzene rings is 1. The maximum Gasteiger partial charge on any atom is 0.344 e. The van der Waals surface area contributed by atoms with Gasteiger partial charge < -0.3 is 14.6 Å². The molecule has 0 amide bonds. The van der Waals surface area contributed by atoms with Crippen molar-refractivity contribution < 1.29 is 19.4 Å². The first-order valence-electron chi connectivity index (χ1n) is 7.98. The molecule has 1 aromatic heterocycles. The SMILES string of the molecule is C[C@H](Oc1cc(Oc2c3c(nn2C)CCCC3)c(Cl)cc1Cl)C(=O)O. The second-order valence-corrected chi connectivity index (χ2v) is 6.79. The number of nitrogens with zero attached hydrogens (tertiary/aromatic N) is 2. The zero-order valence-corrected chi connectivity index (χ0v) is 15.4. The van der Waals surface area contributed by atoms with Gasteiger partial charge in [-0.25, -0.2) is 9.48 Å². The molecule has 1 N–H and O–H groups in total. The van der Waals surface area contributed by atoms with Crippen LogP contribution in [0.2, 0.25) is 10.0 Å². The van der Waals surface area contributed by atoms with E-state index in [1.165, 1.54) is 19.1 Å². The summed E-state index contributed by atoms with van der Waals surface area (Å²) in [6.07, 6.45) is 3.01. The van der Waals surface area contributed by atoms with Crippen molar-refractivity contribution in [2.75, 3.05) is 0 Å². The van der Waals surface area contributed by atoms with Crippen LogP contribution in [-0.2, 0) is 24.7 Å². The summed E-state index contributed by atoms with van der Waals surface area (Å²) in [5.41, 5.74) is 2.13. The fourth-order valence-electron chi connectivity index (χ4n) is 2.80. The Morgan fingerprint density at radius 2 is 1.92 bits per heavy atom. The predicted octanol–water partition coefficient (Wildman–Crippen LogP) is 4.25. The molecule has 1 atom stereocenters. The number of aryl methyl sites for hydroxylation is 2. The standard InChI is InChI=1S/C17H18Cl2N2O4/c1-9(17(22)23)24-14-8-15(12(19)7-11(14)18)25-16-10-5-3-4-6-13(10)20-21(16)2/h7-9H,3-6H2,1-2H3,(H,22,23)/t9-/m0/s1. The second-order valence-electron chi connectivity index (χ2n) is 5.97. The first-order valence-corrected chi connectivity index (χ1v) is 8.73. The summed E-state index contributed by atoms with van der Waals surface area (Å²) in [7, 11) is 1.82. The number of carbonyl (C=O) groups is 1. The molecule has 0 saturated heterocycles. The number of aliphatic carboxylic acids is 1. The van der Waals surface area contributed by atoms with Crippen molar-refractivity contribution in [3.63, 3.8) is 0 Å². The van der Waals surface area contributed by atoms with Gasteiger partial charge in [0, 0.05) is 18.7 Å². The monoisotopic (exact) mass is 384 g/mol. The maximum atomic E-state index is 11.0. The number of hydrogen-bond donors (Lipinski definition) is 1. The topological polar surface area (TPSA) is 73.6 Å². The van der Waals surface area contributed by atoms with E-state index in [4.69, 9.17) is 37.8 Å². The van der Waals surface area contributed by atoms with Gasteiger partial charge in [-0.05, 0) is 38.7 Å². The quantitative estimate of drug-likeness (QED) is 0.833. The van der Waals surface area contributed by atoms with Crippen LogP contribution in [0.4, 0.5) is 0 Å². The third kappa shape index (κ3) is 3.70. The van der Waals surface area contributed by atoms with Crippen LogP contribution in [0.3, 0.4) is 0 Å². The molecule has 1 aliphatic rings. The smallest absolute Gasteiger partial charge is 0.344 e. The lowest BCUT2D eigenvalue weighted by atomic mass is 9.98. The highest BCUT2D eigenvalue weighted by molar-refractivity contribution is 6.36. The molecule has 2 aromatic rings. The fourth-order valence-corrected chi connectivity index (χ4v) is 3.27. The predicted molar refractivity (Wildman–Crippen MR) is 94.1 cm³/mol. The van der Waals surface area contributed by atoms with E-state index in [2.05, 4.69) is 5.10 Å². The lowest BCUT2D eigenvalue weighted by Gasteiger charge is -2.16. The highest BCUT2D eigenvalue weighted by atomic mass is 35.5. The van der Waals surface area contributed by atoms with Crippen molar-refractivity contribution >= 4 is 29.2 Å². The van der Waals surface area contributed by atoms with Crippen molar-refractivity contribution in [3.8, 4) is 17.4 Å². The normalized spacial score (nSPS) is 14.7. The number of fused-ring (bicyclic) bond motifs is 1. The first kappa shape index (κ1) is 17.9. The van der Waals surface area contributed by atoms with Gasteiger partial charge in [-0.15, -0.1) is 0 Å². The number of carboxylic acids is 1. The average molecular weight is 385 g/mol. The summed E-state index contributed by atoms with van der Waals surface area (Å²) in [5.74, 6) is 0.0902. The van der Waals surface area contributed by atoms with Gasteiger partial charge in [0.1, 0.15) is 5.75 Å². The third-order valence-electron chi connectivity index (χ3n) is 4.11. The van der Waals surface area contributed by atoms with Crippen molar-refractivity contribution in [3.05, 3.63) is 33.4 Å². The molecule has 1 aromatic carbocycles. The average Bonchev–Trinajstić information content (AvgIpc) is 2.87. The van der Waals surface area contributed by atoms with Gasteiger partial charge in [-0.1, -0.05) is 23.2 Å². The molecule has 25 heavy (non-hydrogen) atoms. The van der Waals surface area contributed by atoms with Gasteiger partial charge in [0.2, 0.25) is 5.88 Å². The summed E-state index contributed by atoms with van der Waals surface area (Å²) < 4.78 is 13.1. The largest absolute Gasteiger partial charge is 0.479 e. The van der Waals surface area contributed by atoms with E-state index in [1.807, 2.05) is 7.05 Å². The highest BCUT2D eigenvalue weighted by Gasteiger charge is 2.23. The van der Waals surface area contributed by atoms with Crippen LogP contribution in [0.5, 0.6) is 17.4 Å². The summed E-state index contributed by atoms with van der Waals surface area (Å²) in [6.45, 7) is 1.42. The van der Waals surface area contributed by atoms with E-state index in [9.17, 15) is 4.79 Å². The van der Waals surface area contributed by atoms with E-state index in [1.54, 1.807) is 4.68 Å². The van der Waals surface area contributed by atoms with Crippen LogP contribution >= 0.6 is 23.2 Å². The Kier molecular flexibility index (Phi) is 5.11. The Hall–Kier alpha value is -1.92. The molecule has 0 bridgehead atoms. The van der Waals surface area contributed by atoms with E-state index in [0.29, 0.717) is 16.7 Å². The number of carboxylic acid groups (broad SMARTS) is 1. The van der Waals surface area contributed by atoms with Crippen LogP contribution in [0.1, 0.15) is 31.0 Å². The zero-order valence-electron chi connectivity index (χ0n) is 13.9. The third-order valence-corrected chi connectivity index (χ3v) is 4.70. The summed E-state index contributed by atoms with van der Waals surface area (Å²) in [4.78, 5) is 11.0. The van der Waals surface area contributed by atoms with Crippen LogP contribution < -0.4 is 9.47 Å². The van der Waals surface area contributed by atoms with Gasteiger partial charge in [-0.3, -0.25) is 0 Å². The Morgan fingerprint density at radius 3 is 2.64 bits per heavy atom. The lowest BCUT2D eigenvalue weighted by Crippen LogP contribution is -2.23. The Balaban J connectivity index is 1.93. The Bertz CT molecular complexity index is 819.